The maximum Gasteiger partial charge on any atom is 0.222 e. The van der Waals surface area contributed by atoms with Crippen molar-refractivity contribution < 1.29 is 19.4 Å². The summed E-state index contributed by atoms with van der Waals surface area (Å²) < 4.78 is 10.5. The fraction of sp³-hybridized carbons (Fsp3) is 0.588. The van der Waals surface area contributed by atoms with E-state index in [-0.39, 0.29) is 11.7 Å². The molecule has 5 nitrogen and oxygen atoms in total. The molecule has 1 aromatic rings. The molecule has 0 fully saturated rings. The minimum Gasteiger partial charge on any atom is -0.504 e. The zero-order chi connectivity index (χ0) is 16.2. The lowest BCUT2D eigenvalue weighted by atomic mass is 10.2. The van der Waals surface area contributed by atoms with Crippen LogP contribution in [0.1, 0.15) is 44.6 Å². The van der Waals surface area contributed by atoms with Crippen LogP contribution < -0.4 is 10.1 Å². The van der Waals surface area contributed by atoms with E-state index < -0.39 is 0 Å². The van der Waals surface area contributed by atoms with Gasteiger partial charge in [-0.2, -0.15) is 0 Å². The Labute approximate surface area is 132 Å². The number of phenols is 1. The number of benzene rings is 1. The van der Waals surface area contributed by atoms with Gasteiger partial charge in [-0.3, -0.25) is 4.79 Å². The normalized spacial score (nSPS) is 10.5. The maximum absolute atomic E-state index is 11.7. The fourth-order valence-corrected chi connectivity index (χ4v) is 2.02. The Morgan fingerprint density at radius 3 is 2.77 bits per heavy atom. The fourth-order valence-electron chi connectivity index (χ4n) is 2.02. The molecular formula is C17H27NO4. The van der Waals surface area contributed by atoms with Gasteiger partial charge >= 0.3 is 0 Å². The summed E-state index contributed by atoms with van der Waals surface area (Å²) in [5, 5.41) is 12.3. The number of hydrogen-bond donors (Lipinski definition) is 2. The van der Waals surface area contributed by atoms with Crippen molar-refractivity contribution >= 4 is 5.91 Å². The maximum atomic E-state index is 11.7. The van der Waals surface area contributed by atoms with Crippen LogP contribution in [0, 0.1) is 0 Å². The molecule has 0 spiro atoms. The standard InChI is InChI=1S/C17H27NO4/c1-3-4-5-6-10-22-11-9-17(20)18-13-14-7-8-15(19)16(12-14)21-2/h7-8,12,19H,3-6,9-11,13H2,1-2H3,(H,18,20). The van der Waals surface area contributed by atoms with Crippen molar-refractivity contribution in [1.29, 1.82) is 0 Å². The van der Waals surface area contributed by atoms with Gasteiger partial charge in [0, 0.05) is 19.6 Å². The SMILES string of the molecule is CCCCCCOCCC(=O)NCc1ccc(O)c(OC)c1. The second-order valence-electron chi connectivity index (χ2n) is 5.21. The zero-order valence-corrected chi connectivity index (χ0v) is 13.6. The molecular weight excluding hydrogens is 282 g/mol. The summed E-state index contributed by atoms with van der Waals surface area (Å²) in [7, 11) is 1.50. The highest BCUT2D eigenvalue weighted by molar-refractivity contribution is 5.75. The molecule has 0 heterocycles. The van der Waals surface area contributed by atoms with Crippen molar-refractivity contribution in [2.24, 2.45) is 0 Å². The minimum atomic E-state index is -0.0411. The summed E-state index contributed by atoms with van der Waals surface area (Å²) in [4.78, 5) is 11.7. The van der Waals surface area contributed by atoms with Gasteiger partial charge in [0.1, 0.15) is 0 Å². The van der Waals surface area contributed by atoms with E-state index in [0.717, 1.165) is 18.6 Å². The molecule has 0 bridgehead atoms. The van der Waals surface area contributed by atoms with Crippen LogP contribution in [-0.2, 0) is 16.1 Å². The predicted molar refractivity (Wildman–Crippen MR) is 86.1 cm³/mol. The van der Waals surface area contributed by atoms with Crippen LogP contribution in [0.3, 0.4) is 0 Å². The number of ether oxygens (including phenoxy) is 2. The van der Waals surface area contributed by atoms with E-state index >= 15 is 0 Å². The van der Waals surface area contributed by atoms with E-state index in [1.54, 1.807) is 18.2 Å². The highest BCUT2D eigenvalue weighted by Crippen LogP contribution is 2.26. The third kappa shape index (κ3) is 7.31. The van der Waals surface area contributed by atoms with Crippen molar-refractivity contribution in [2.75, 3.05) is 20.3 Å². The van der Waals surface area contributed by atoms with Crippen molar-refractivity contribution in [2.45, 2.75) is 45.6 Å². The number of rotatable bonds is 11. The second-order valence-corrected chi connectivity index (χ2v) is 5.21. The summed E-state index contributed by atoms with van der Waals surface area (Å²) in [5.74, 6) is 0.455. The minimum absolute atomic E-state index is 0.0411. The second kappa shape index (κ2) is 10.9. The van der Waals surface area contributed by atoms with Gasteiger partial charge in [-0.15, -0.1) is 0 Å². The largest absolute Gasteiger partial charge is 0.504 e. The molecule has 22 heavy (non-hydrogen) atoms. The third-order valence-electron chi connectivity index (χ3n) is 3.35. The first kappa shape index (κ1) is 18.3. The Hall–Kier alpha value is -1.75. The van der Waals surface area contributed by atoms with Gasteiger partial charge in [0.15, 0.2) is 11.5 Å². The number of amides is 1. The molecule has 0 saturated heterocycles. The third-order valence-corrected chi connectivity index (χ3v) is 3.35. The topological polar surface area (TPSA) is 67.8 Å². The number of methoxy groups -OCH3 is 1. The lowest BCUT2D eigenvalue weighted by Crippen LogP contribution is -2.24. The molecule has 2 N–H and O–H groups in total. The molecule has 1 amide bonds. The van der Waals surface area contributed by atoms with Crippen LogP contribution in [-0.4, -0.2) is 31.3 Å². The Balaban J connectivity index is 2.15. The number of nitrogens with one attached hydrogen (secondary N) is 1. The first-order chi connectivity index (χ1) is 10.7. The lowest BCUT2D eigenvalue weighted by molar-refractivity contribution is -0.122. The van der Waals surface area contributed by atoms with E-state index in [0.29, 0.717) is 25.3 Å². The molecule has 0 aliphatic rings. The van der Waals surface area contributed by atoms with Crippen LogP contribution >= 0.6 is 0 Å². The summed E-state index contributed by atoms with van der Waals surface area (Å²) in [6.07, 6.45) is 5.06. The van der Waals surface area contributed by atoms with Crippen molar-refractivity contribution in [3.05, 3.63) is 23.8 Å². The highest BCUT2D eigenvalue weighted by Gasteiger charge is 2.05. The van der Waals surface area contributed by atoms with Crippen molar-refractivity contribution in [3.8, 4) is 11.5 Å². The number of carbonyl (C=O) groups is 1. The Bertz CT molecular complexity index is 448. The van der Waals surface area contributed by atoms with E-state index in [1.807, 2.05) is 0 Å². The summed E-state index contributed by atoms with van der Waals surface area (Å²) in [5.41, 5.74) is 0.878. The monoisotopic (exact) mass is 309 g/mol. The van der Waals surface area contributed by atoms with Crippen LogP contribution in [0.4, 0.5) is 0 Å². The van der Waals surface area contributed by atoms with Gasteiger partial charge in [-0.05, 0) is 24.1 Å². The number of phenolic OH excluding ortho intramolecular Hbond substituents is 1. The van der Waals surface area contributed by atoms with Crippen LogP contribution in [0.2, 0.25) is 0 Å². The first-order valence-corrected chi connectivity index (χ1v) is 7.87. The van der Waals surface area contributed by atoms with Gasteiger partial charge < -0.3 is 19.9 Å². The molecule has 5 heteroatoms. The van der Waals surface area contributed by atoms with Gasteiger partial charge in [-0.1, -0.05) is 32.3 Å². The molecule has 0 unspecified atom stereocenters. The first-order valence-electron chi connectivity index (χ1n) is 7.87. The Morgan fingerprint density at radius 2 is 2.05 bits per heavy atom. The summed E-state index contributed by atoms with van der Waals surface area (Å²) >= 11 is 0. The van der Waals surface area contributed by atoms with Crippen LogP contribution in [0.5, 0.6) is 11.5 Å². The molecule has 1 aromatic carbocycles. The van der Waals surface area contributed by atoms with Gasteiger partial charge in [-0.25, -0.2) is 0 Å². The Morgan fingerprint density at radius 1 is 1.23 bits per heavy atom. The number of hydrogen-bond acceptors (Lipinski definition) is 4. The molecule has 124 valence electrons. The highest BCUT2D eigenvalue weighted by atomic mass is 16.5. The van der Waals surface area contributed by atoms with Crippen molar-refractivity contribution in [1.82, 2.24) is 5.32 Å². The van der Waals surface area contributed by atoms with E-state index in [2.05, 4.69) is 12.2 Å². The van der Waals surface area contributed by atoms with Crippen LogP contribution in [0.15, 0.2) is 18.2 Å². The quantitative estimate of drug-likeness (QED) is 0.617. The van der Waals surface area contributed by atoms with Crippen molar-refractivity contribution in [3.63, 3.8) is 0 Å². The van der Waals surface area contributed by atoms with E-state index in [1.165, 1.54) is 26.4 Å². The molecule has 0 radical (unpaired) electrons. The average molecular weight is 309 g/mol. The van der Waals surface area contributed by atoms with Gasteiger partial charge in [0.25, 0.3) is 0 Å². The predicted octanol–water partition coefficient (Wildman–Crippen LogP) is 3.00. The number of unbranched alkanes of at least 4 members (excludes halogenated alkanes) is 3. The van der Waals surface area contributed by atoms with Gasteiger partial charge in [0.2, 0.25) is 5.91 Å². The van der Waals surface area contributed by atoms with Crippen LogP contribution in [0.25, 0.3) is 0 Å². The Kier molecular flexibility index (Phi) is 9.07. The zero-order valence-electron chi connectivity index (χ0n) is 13.6. The molecule has 0 aromatic heterocycles. The average Bonchev–Trinajstić information content (AvgIpc) is 2.53. The van der Waals surface area contributed by atoms with Gasteiger partial charge in [0.05, 0.1) is 13.7 Å². The summed E-state index contributed by atoms with van der Waals surface area (Å²) in [6.45, 7) is 3.76. The van der Waals surface area contributed by atoms with E-state index in [4.69, 9.17) is 9.47 Å². The smallest absolute Gasteiger partial charge is 0.222 e. The molecule has 1 rings (SSSR count). The molecule has 0 atom stereocenters. The molecule has 0 aliphatic carbocycles. The molecule has 0 saturated carbocycles. The number of aromatic hydroxyl groups is 1. The van der Waals surface area contributed by atoms with E-state index in [9.17, 15) is 9.90 Å². The summed E-state index contributed by atoms with van der Waals surface area (Å²) in [6, 6.07) is 5.02. The molecule has 0 aliphatic heterocycles. The lowest BCUT2D eigenvalue weighted by Gasteiger charge is -2.08. The number of carbonyl (C=O) groups excluding carboxylic acids is 1.